The van der Waals surface area contributed by atoms with Crippen molar-refractivity contribution in [2.75, 3.05) is 19.7 Å². The Bertz CT molecular complexity index is 115. The minimum absolute atomic E-state index is 0.0136. The highest BCUT2D eigenvalue weighted by atomic mass is 19.3. The van der Waals surface area contributed by atoms with Crippen molar-refractivity contribution in [1.29, 1.82) is 0 Å². The van der Waals surface area contributed by atoms with Crippen LogP contribution >= 0.6 is 0 Å². The Hall–Kier alpha value is -0.300. The molecule has 0 aliphatic carbocycles. The largest absolute Gasteiger partial charge is 0.394 e. The van der Waals surface area contributed by atoms with Crippen LogP contribution in [0.25, 0.3) is 0 Å². The van der Waals surface area contributed by atoms with E-state index in [-0.39, 0.29) is 13.1 Å². The van der Waals surface area contributed by atoms with Crippen LogP contribution < -0.4 is 5.32 Å². The van der Waals surface area contributed by atoms with Crippen molar-refractivity contribution in [1.82, 2.24) is 5.32 Å². The summed E-state index contributed by atoms with van der Waals surface area (Å²) in [7, 11) is 0. The van der Waals surface area contributed by atoms with Crippen molar-refractivity contribution in [3.05, 3.63) is 0 Å². The molecule has 12 heavy (non-hydrogen) atoms. The molecule has 4 nitrogen and oxygen atoms in total. The quantitative estimate of drug-likeness (QED) is 0.409. The highest BCUT2D eigenvalue weighted by Gasteiger charge is 2.16. The number of hydrogen-bond acceptors (Lipinski definition) is 4. The van der Waals surface area contributed by atoms with Crippen molar-refractivity contribution in [2.45, 2.75) is 18.6 Å². The molecular weight excluding hydrogens is 172 g/mol. The van der Waals surface area contributed by atoms with E-state index in [9.17, 15) is 8.78 Å². The molecule has 0 fully saturated rings. The molecule has 74 valence electrons. The normalized spacial score (nSPS) is 16.5. The number of aliphatic hydroxyl groups is 3. The molecule has 0 aromatic heterocycles. The Morgan fingerprint density at radius 1 is 1.17 bits per heavy atom. The number of aliphatic hydroxyl groups excluding tert-OH is 3. The number of hydrogen-bond donors (Lipinski definition) is 4. The molecule has 0 rings (SSSR count). The van der Waals surface area contributed by atoms with Crippen LogP contribution in [0.1, 0.15) is 0 Å². The fourth-order valence-electron chi connectivity index (χ4n) is 0.551. The van der Waals surface area contributed by atoms with Crippen LogP contribution in [0.15, 0.2) is 0 Å². The summed E-state index contributed by atoms with van der Waals surface area (Å²) < 4.78 is 23.3. The van der Waals surface area contributed by atoms with Gasteiger partial charge in [-0.1, -0.05) is 0 Å². The number of nitrogens with one attached hydrogen (secondary N) is 1. The van der Waals surface area contributed by atoms with Crippen molar-refractivity contribution >= 4 is 0 Å². The first-order chi connectivity index (χ1) is 5.57. The van der Waals surface area contributed by atoms with Gasteiger partial charge in [0.05, 0.1) is 12.7 Å². The molecule has 0 aliphatic heterocycles. The summed E-state index contributed by atoms with van der Waals surface area (Å²) in [4.78, 5) is 0. The first-order valence-corrected chi connectivity index (χ1v) is 3.53. The summed E-state index contributed by atoms with van der Waals surface area (Å²) in [5.74, 6) is 0. The van der Waals surface area contributed by atoms with E-state index in [1.165, 1.54) is 0 Å². The minimum atomic E-state index is -2.79. The Morgan fingerprint density at radius 3 is 2.17 bits per heavy atom. The lowest BCUT2D eigenvalue weighted by atomic mass is 10.3. The van der Waals surface area contributed by atoms with Gasteiger partial charge in [-0.15, -0.1) is 0 Å². The van der Waals surface area contributed by atoms with Gasteiger partial charge in [-0.3, -0.25) is 0 Å². The van der Waals surface area contributed by atoms with Gasteiger partial charge in [0.2, 0.25) is 0 Å². The van der Waals surface area contributed by atoms with E-state index in [0.717, 1.165) is 0 Å². The van der Waals surface area contributed by atoms with Crippen molar-refractivity contribution in [3.8, 4) is 0 Å². The lowest BCUT2D eigenvalue weighted by Crippen LogP contribution is -2.37. The second kappa shape index (κ2) is 6.24. The Labute approximate surface area is 68.8 Å². The summed E-state index contributed by atoms with van der Waals surface area (Å²) >= 11 is 0. The molecule has 0 aliphatic rings. The second-order valence-electron chi connectivity index (χ2n) is 2.40. The first kappa shape index (κ1) is 11.7. The molecule has 0 bridgehead atoms. The van der Waals surface area contributed by atoms with Crippen LogP contribution in [0.2, 0.25) is 0 Å². The Kier molecular flexibility index (Phi) is 6.09. The van der Waals surface area contributed by atoms with Gasteiger partial charge >= 0.3 is 0 Å². The maximum absolute atomic E-state index is 11.6. The van der Waals surface area contributed by atoms with Gasteiger partial charge in [0.1, 0.15) is 6.10 Å². The highest BCUT2D eigenvalue weighted by Crippen LogP contribution is 1.98. The lowest BCUT2D eigenvalue weighted by Gasteiger charge is -2.12. The van der Waals surface area contributed by atoms with E-state index in [2.05, 4.69) is 5.32 Å². The molecule has 0 aromatic rings. The molecule has 4 N–H and O–H groups in total. The van der Waals surface area contributed by atoms with Crippen molar-refractivity contribution in [2.24, 2.45) is 0 Å². The molecule has 1 unspecified atom stereocenters. The Balaban J connectivity index is 3.30. The summed E-state index contributed by atoms with van der Waals surface area (Å²) in [6.45, 7) is -0.743. The molecule has 0 spiro atoms. The summed E-state index contributed by atoms with van der Waals surface area (Å²) in [6.07, 6.45) is -5.49. The van der Waals surface area contributed by atoms with Crippen LogP contribution in [0.5, 0.6) is 0 Å². The SMILES string of the molecule is OC[C@@H](O)CNCC(O)C(F)F. The van der Waals surface area contributed by atoms with Gasteiger partial charge in [0, 0.05) is 13.1 Å². The van der Waals surface area contributed by atoms with Gasteiger partial charge < -0.3 is 20.6 Å². The Morgan fingerprint density at radius 2 is 1.75 bits per heavy atom. The van der Waals surface area contributed by atoms with Crippen molar-refractivity contribution < 1.29 is 24.1 Å². The predicted octanol–water partition coefficient (Wildman–Crippen LogP) is -1.44. The van der Waals surface area contributed by atoms with Gasteiger partial charge in [-0.25, -0.2) is 8.78 Å². The van der Waals surface area contributed by atoms with E-state index >= 15 is 0 Å². The van der Waals surface area contributed by atoms with Gasteiger partial charge in [0.15, 0.2) is 0 Å². The van der Waals surface area contributed by atoms with E-state index in [4.69, 9.17) is 15.3 Å². The van der Waals surface area contributed by atoms with Crippen LogP contribution in [-0.2, 0) is 0 Å². The zero-order valence-electron chi connectivity index (χ0n) is 6.45. The van der Waals surface area contributed by atoms with Crippen molar-refractivity contribution in [3.63, 3.8) is 0 Å². The molecule has 0 heterocycles. The molecule has 0 saturated heterocycles. The summed E-state index contributed by atoms with van der Waals surface area (Å²) in [5.41, 5.74) is 0. The lowest BCUT2D eigenvalue weighted by molar-refractivity contribution is -0.00553. The topological polar surface area (TPSA) is 72.7 Å². The predicted molar refractivity (Wildman–Crippen MR) is 38.0 cm³/mol. The third kappa shape index (κ3) is 5.36. The summed E-state index contributed by atoms with van der Waals surface area (Å²) in [5, 5.41) is 28.0. The van der Waals surface area contributed by atoms with Gasteiger partial charge in [-0.2, -0.15) is 0 Å². The van der Waals surface area contributed by atoms with E-state index in [1.54, 1.807) is 0 Å². The fraction of sp³-hybridized carbons (Fsp3) is 1.00. The van der Waals surface area contributed by atoms with E-state index in [0.29, 0.717) is 0 Å². The molecule has 0 amide bonds. The van der Waals surface area contributed by atoms with Crippen LogP contribution in [-0.4, -0.2) is 53.6 Å². The zero-order chi connectivity index (χ0) is 9.56. The molecule has 0 aromatic carbocycles. The van der Waals surface area contributed by atoms with E-state index in [1.807, 2.05) is 0 Å². The molecule has 6 heteroatoms. The molecule has 0 saturated carbocycles. The van der Waals surface area contributed by atoms with Gasteiger partial charge in [0.25, 0.3) is 6.43 Å². The van der Waals surface area contributed by atoms with Crippen LogP contribution in [0.4, 0.5) is 8.78 Å². The van der Waals surface area contributed by atoms with Crippen LogP contribution in [0.3, 0.4) is 0 Å². The smallest absolute Gasteiger partial charge is 0.265 e. The third-order valence-electron chi connectivity index (χ3n) is 1.24. The van der Waals surface area contributed by atoms with Crippen LogP contribution in [0, 0.1) is 0 Å². The number of alkyl halides is 2. The molecule has 2 atom stereocenters. The average Bonchev–Trinajstić information content (AvgIpc) is 2.03. The number of halogens is 2. The average molecular weight is 185 g/mol. The third-order valence-corrected chi connectivity index (χ3v) is 1.24. The monoisotopic (exact) mass is 185 g/mol. The maximum atomic E-state index is 11.6. The van der Waals surface area contributed by atoms with Gasteiger partial charge in [-0.05, 0) is 0 Å². The fourth-order valence-corrected chi connectivity index (χ4v) is 0.551. The second-order valence-corrected chi connectivity index (χ2v) is 2.40. The standard InChI is InChI=1S/C6H13F2NO3/c7-6(8)5(12)2-9-1-4(11)3-10/h4-6,9-12H,1-3H2/t4-,5?/m0/s1. The maximum Gasteiger partial charge on any atom is 0.265 e. The molecular formula is C6H13F2NO3. The zero-order valence-corrected chi connectivity index (χ0v) is 6.45. The minimum Gasteiger partial charge on any atom is -0.394 e. The number of rotatable bonds is 6. The highest BCUT2D eigenvalue weighted by molar-refractivity contribution is 4.64. The summed E-state index contributed by atoms with van der Waals surface area (Å²) in [6, 6.07) is 0. The molecule has 0 radical (unpaired) electrons. The first-order valence-electron chi connectivity index (χ1n) is 3.53. The van der Waals surface area contributed by atoms with E-state index < -0.39 is 25.2 Å².